The van der Waals surface area contributed by atoms with Crippen LogP contribution in [0.25, 0.3) is 0 Å². The fourth-order valence-corrected chi connectivity index (χ4v) is 2.69. The molecule has 108 valence electrons. The Bertz CT molecular complexity index is 366. The molecule has 2 unspecified atom stereocenters. The number of nitrogens with one attached hydrogen (secondary N) is 2. The van der Waals surface area contributed by atoms with Gasteiger partial charge in [0.05, 0.1) is 12.6 Å². The van der Waals surface area contributed by atoms with E-state index in [1.54, 1.807) is 11.3 Å². The lowest BCUT2D eigenvalue weighted by Gasteiger charge is -2.19. The van der Waals surface area contributed by atoms with Crippen molar-refractivity contribution in [3.63, 3.8) is 0 Å². The van der Waals surface area contributed by atoms with Crippen molar-refractivity contribution in [1.29, 1.82) is 0 Å². The van der Waals surface area contributed by atoms with Crippen LogP contribution in [0.1, 0.15) is 38.0 Å². The first kappa shape index (κ1) is 16.0. The molecule has 1 heterocycles. The number of aliphatic hydroxyl groups is 1. The van der Waals surface area contributed by atoms with Crippen LogP contribution in [0.3, 0.4) is 0 Å². The van der Waals surface area contributed by atoms with Gasteiger partial charge in [-0.2, -0.15) is 0 Å². The quantitative estimate of drug-likeness (QED) is 0.720. The second-order valence-corrected chi connectivity index (χ2v) is 6.26. The Morgan fingerprint density at radius 2 is 2.16 bits per heavy atom. The Balaban J connectivity index is 2.30. The van der Waals surface area contributed by atoms with Gasteiger partial charge in [-0.05, 0) is 23.8 Å². The van der Waals surface area contributed by atoms with Gasteiger partial charge in [-0.1, -0.05) is 26.8 Å². The Morgan fingerprint density at radius 1 is 1.42 bits per heavy atom. The van der Waals surface area contributed by atoms with E-state index in [1.165, 1.54) is 4.88 Å². The lowest BCUT2D eigenvalue weighted by atomic mass is 10.0. The highest BCUT2D eigenvalue weighted by molar-refractivity contribution is 7.10. The highest BCUT2D eigenvalue weighted by Gasteiger charge is 2.14. The molecule has 1 rings (SSSR count). The van der Waals surface area contributed by atoms with E-state index in [1.807, 2.05) is 11.4 Å². The fourth-order valence-electron chi connectivity index (χ4n) is 1.90. The van der Waals surface area contributed by atoms with Gasteiger partial charge in [0.2, 0.25) is 0 Å². The average molecular weight is 284 g/mol. The maximum Gasteiger partial charge on any atom is 0.315 e. The number of thiophene rings is 1. The van der Waals surface area contributed by atoms with Crippen molar-refractivity contribution in [2.45, 2.75) is 39.2 Å². The molecule has 4 nitrogen and oxygen atoms in total. The molecule has 0 aliphatic rings. The first-order valence-electron chi connectivity index (χ1n) is 6.71. The van der Waals surface area contributed by atoms with Gasteiger partial charge in [0.15, 0.2) is 0 Å². The van der Waals surface area contributed by atoms with Gasteiger partial charge < -0.3 is 15.7 Å². The van der Waals surface area contributed by atoms with Gasteiger partial charge in [0.1, 0.15) is 0 Å². The fraction of sp³-hybridized carbons (Fsp3) is 0.643. The minimum atomic E-state index is -0.205. The predicted molar refractivity (Wildman–Crippen MR) is 79.6 cm³/mol. The summed E-state index contributed by atoms with van der Waals surface area (Å²) in [5.41, 5.74) is 0. The minimum Gasteiger partial charge on any atom is -0.394 e. The van der Waals surface area contributed by atoms with Crippen molar-refractivity contribution in [3.05, 3.63) is 22.4 Å². The number of carbonyl (C=O) groups excluding carboxylic acids is 1. The van der Waals surface area contributed by atoms with E-state index >= 15 is 0 Å². The molecule has 0 saturated heterocycles. The molecule has 0 spiro atoms. The number of urea groups is 1. The van der Waals surface area contributed by atoms with Gasteiger partial charge >= 0.3 is 6.03 Å². The van der Waals surface area contributed by atoms with Crippen molar-refractivity contribution in [3.8, 4) is 0 Å². The summed E-state index contributed by atoms with van der Waals surface area (Å²) in [5.74, 6) is 0.755. The molecule has 2 amide bonds. The van der Waals surface area contributed by atoms with Crippen LogP contribution in [0, 0.1) is 5.92 Å². The average Bonchev–Trinajstić information content (AvgIpc) is 2.88. The molecule has 0 saturated carbocycles. The van der Waals surface area contributed by atoms with Gasteiger partial charge in [-0.25, -0.2) is 4.79 Å². The zero-order chi connectivity index (χ0) is 14.3. The van der Waals surface area contributed by atoms with Crippen LogP contribution >= 0.6 is 11.3 Å². The molecule has 2 atom stereocenters. The summed E-state index contributed by atoms with van der Waals surface area (Å²) >= 11 is 1.70. The molecule has 5 heteroatoms. The molecule has 3 N–H and O–H groups in total. The maximum absolute atomic E-state index is 11.7. The molecular formula is C14H24N2O2S. The van der Waals surface area contributed by atoms with E-state index in [-0.39, 0.29) is 18.7 Å². The molecule has 1 aromatic heterocycles. The van der Waals surface area contributed by atoms with Crippen LogP contribution in [0.15, 0.2) is 17.5 Å². The highest BCUT2D eigenvalue weighted by Crippen LogP contribution is 2.19. The molecule has 1 aromatic rings. The Kier molecular flexibility index (Phi) is 6.87. The lowest BCUT2D eigenvalue weighted by molar-refractivity contribution is 0.206. The summed E-state index contributed by atoms with van der Waals surface area (Å²) in [6.45, 7) is 6.81. The molecular weight excluding hydrogens is 260 g/mol. The van der Waals surface area contributed by atoms with E-state index in [0.29, 0.717) is 18.4 Å². The van der Waals surface area contributed by atoms with Gasteiger partial charge in [-0.3, -0.25) is 0 Å². The number of hydrogen-bond acceptors (Lipinski definition) is 3. The van der Waals surface area contributed by atoms with Crippen LogP contribution in [-0.4, -0.2) is 30.3 Å². The molecule has 0 aromatic carbocycles. The van der Waals surface area contributed by atoms with Crippen LogP contribution in [-0.2, 0) is 0 Å². The molecule has 0 aliphatic heterocycles. The molecule has 0 fully saturated rings. The van der Waals surface area contributed by atoms with Crippen LogP contribution in [0.5, 0.6) is 0 Å². The van der Waals surface area contributed by atoms with E-state index in [9.17, 15) is 9.90 Å². The Hall–Kier alpha value is -1.07. The number of rotatable bonds is 7. The molecule has 0 radical (unpaired) electrons. The molecule has 0 aliphatic carbocycles. The zero-order valence-corrected chi connectivity index (χ0v) is 12.7. The monoisotopic (exact) mass is 284 g/mol. The van der Waals surface area contributed by atoms with Crippen molar-refractivity contribution >= 4 is 17.4 Å². The van der Waals surface area contributed by atoms with Gasteiger partial charge in [0.25, 0.3) is 0 Å². The predicted octanol–water partition coefficient (Wildman–Crippen LogP) is 2.56. The molecule has 19 heavy (non-hydrogen) atoms. The smallest absolute Gasteiger partial charge is 0.315 e. The normalized spacial score (nSPS) is 14.2. The lowest BCUT2D eigenvalue weighted by Crippen LogP contribution is -2.45. The first-order valence-corrected chi connectivity index (χ1v) is 7.59. The first-order chi connectivity index (χ1) is 9.02. The number of aliphatic hydroxyl groups excluding tert-OH is 1. The Morgan fingerprint density at radius 3 is 2.68 bits per heavy atom. The van der Waals surface area contributed by atoms with Crippen molar-refractivity contribution in [1.82, 2.24) is 10.6 Å². The summed E-state index contributed by atoms with van der Waals surface area (Å²) in [7, 11) is 0. The zero-order valence-electron chi connectivity index (χ0n) is 11.8. The number of hydrogen-bond donors (Lipinski definition) is 3. The third kappa shape index (κ3) is 6.07. The third-order valence-corrected chi connectivity index (χ3v) is 4.01. The van der Waals surface area contributed by atoms with E-state index in [2.05, 4.69) is 37.5 Å². The standard InChI is InChI=1S/C14H24N2O2S/c1-10(2)7-12(9-17)16-14(18)15-8-11(3)13-5-4-6-19-13/h4-6,10-12,17H,7-9H2,1-3H3,(H2,15,16,18). The van der Waals surface area contributed by atoms with Crippen molar-refractivity contribution in [2.24, 2.45) is 5.92 Å². The van der Waals surface area contributed by atoms with Gasteiger partial charge in [0, 0.05) is 17.3 Å². The second kappa shape index (κ2) is 8.17. The van der Waals surface area contributed by atoms with Crippen molar-refractivity contribution in [2.75, 3.05) is 13.2 Å². The Labute approximate surface area is 119 Å². The number of carbonyl (C=O) groups is 1. The van der Waals surface area contributed by atoms with Crippen LogP contribution in [0.2, 0.25) is 0 Å². The summed E-state index contributed by atoms with van der Waals surface area (Å²) in [5, 5.41) is 16.9. The SMILES string of the molecule is CC(C)CC(CO)NC(=O)NCC(C)c1cccs1. The largest absolute Gasteiger partial charge is 0.394 e. The number of amides is 2. The summed E-state index contributed by atoms with van der Waals surface area (Å²) < 4.78 is 0. The summed E-state index contributed by atoms with van der Waals surface area (Å²) in [6, 6.07) is 3.71. The topological polar surface area (TPSA) is 61.4 Å². The van der Waals surface area contributed by atoms with E-state index in [4.69, 9.17) is 0 Å². The van der Waals surface area contributed by atoms with Gasteiger partial charge in [-0.15, -0.1) is 11.3 Å². The van der Waals surface area contributed by atoms with Crippen LogP contribution in [0.4, 0.5) is 4.79 Å². The van der Waals surface area contributed by atoms with E-state index in [0.717, 1.165) is 6.42 Å². The highest BCUT2D eigenvalue weighted by atomic mass is 32.1. The van der Waals surface area contributed by atoms with Crippen molar-refractivity contribution < 1.29 is 9.90 Å². The summed E-state index contributed by atoms with van der Waals surface area (Å²) in [4.78, 5) is 13.0. The molecule has 0 bridgehead atoms. The maximum atomic E-state index is 11.7. The minimum absolute atomic E-state index is 0.0217. The third-order valence-electron chi connectivity index (χ3n) is 2.91. The van der Waals surface area contributed by atoms with E-state index < -0.39 is 0 Å². The summed E-state index contributed by atoms with van der Waals surface area (Å²) in [6.07, 6.45) is 0.782. The van der Waals surface area contributed by atoms with Crippen LogP contribution < -0.4 is 10.6 Å². The second-order valence-electron chi connectivity index (χ2n) is 5.28.